The zero-order valence-corrected chi connectivity index (χ0v) is 10.2. The third-order valence-electron chi connectivity index (χ3n) is 3.07. The topological polar surface area (TPSA) is 45.8 Å². The number of rotatable bonds is 1. The van der Waals surface area contributed by atoms with Gasteiger partial charge in [0.05, 0.1) is 17.5 Å². The molecule has 0 radical (unpaired) electrons. The molecule has 0 aliphatic carbocycles. The maximum absolute atomic E-state index is 12.1. The number of benzene rings is 1. The van der Waals surface area contributed by atoms with Gasteiger partial charge in [0.1, 0.15) is 0 Å². The Kier molecular flexibility index (Phi) is 2.72. The highest BCUT2D eigenvalue weighted by atomic mass is 16.1. The molecule has 0 amide bonds. The van der Waals surface area contributed by atoms with E-state index in [2.05, 4.69) is 6.07 Å². The quantitative estimate of drug-likeness (QED) is 0.749. The molecule has 1 aromatic heterocycles. The smallest absolute Gasteiger partial charge is 0.255 e. The molecule has 17 heavy (non-hydrogen) atoms. The van der Waals surface area contributed by atoms with Crippen molar-refractivity contribution in [3.05, 3.63) is 45.7 Å². The second kappa shape index (κ2) is 4.06. The first-order valence-corrected chi connectivity index (χ1v) is 5.54. The molecule has 0 bridgehead atoms. The highest BCUT2D eigenvalue weighted by Crippen LogP contribution is 2.18. The minimum atomic E-state index is -0.376. The molecular weight excluding hydrogens is 212 g/mol. The minimum Gasteiger partial charge on any atom is -0.311 e. The van der Waals surface area contributed by atoms with E-state index in [1.807, 2.05) is 31.2 Å². The van der Waals surface area contributed by atoms with Gasteiger partial charge < -0.3 is 4.57 Å². The number of hydrogen-bond donors (Lipinski definition) is 0. The van der Waals surface area contributed by atoms with Gasteiger partial charge in [0, 0.05) is 12.6 Å². The summed E-state index contributed by atoms with van der Waals surface area (Å²) in [6.07, 6.45) is 0. The van der Waals surface area contributed by atoms with E-state index < -0.39 is 0 Å². The molecule has 0 fully saturated rings. The number of nitriles is 1. The van der Waals surface area contributed by atoms with Gasteiger partial charge in [0.2, 0.25) is 0 Å². The van der Waals surface area contributed by atoms with E-state index in [-0.39, 0.29) is 11.5 Å². The molecule has 0 saturated heterocycles. The summed E-state index contributed by atoms with van der Waals surface area (Å²) in [4.78, 5) is 12.1. The second-order valence-corrected chi connectivity index (χ2v) is 4.38. The molecule has 1 unspecified atom stereocenters. The standard InChI is InChI=1S/C14H14N2O/c1-9-4-5-13-11(6-9)7-12(10(2)8-15)14(17)16(13)3/h4-7,10H,1-3H3. The Balaban J connectivity index is 2.86. The number of hydrogen-bond acceptors (Lipinski definition) is 2. The van der Waals surface area contributed by atoms with Crippen LogP contribution in [0.1, 0.15) is 24.0 Å². The molecule has 1 heterocycles. The van der Waals surface area contributed by atoms with E-state index in [0.717, 1.165) is 16.5 Å². The van der Waals surface area contributed by atoms with Crippen LogP contribution in [0.2, 0.25) is 0 Å². The van der Waals surface area contributed by atoms with E-state index in [4.69, 9.17) is 5.26 Å². The number of aromatic nitrogens is 1. The maximum Gasteiger partial charge on any atom is 0.255 e. The highest BCUT2D eigenvalue weighted by Gasteiger charge is 2.12. The minimum absolute atomic E-state index is 0.0876. The van der Waals surface area contributed by atoms with Crippen molar-refractivity contribution < 1.29 is 0 Å². The molecule has 86 valence electrons. The van der Waals surface area contributed by atoms with Crippen LogP contribution in [0.15, 0.2) is 29.1 Å². The van der Waals surface area contributed by atoms with Crippen molar-refractivity contribution in [1.82, 2.24) is 4.57 Å². The van der Waals surface area contributed by atoms with Crippen LogP contribution >= 0.6 is 0 Å². The Morgan fingerprint density at radius 3 is 2.71 bits per heavy atom. The first-order valence-electron chi connectivity index (χ1n) is 5.54. The van der Waals surface area contributed by atoms with Crippen LogP contribution in [0, 0.1) is 18.3 Å². The van der Waals surface area contributed by atoms with E-state index >= 15 is 0 Å². The van der Waals surface area contributed by atoms with Gasteiger partial charge in [-0.25, -0.2) is 0 Å². The van der Waals surface area contributed by atoms with Crippen molar-refractivity contribution in [2.24, 2.45) is 7.05 Å². The molecule has 3 heteroatoms. The van der Waals surface area contributed by atoms with Gasteiger partial charge in [-0.1, -0.05) is 11.6 Å². The van der Waals surface area contributed by atoms with Crippen molar-refractivity contribution in [2.75, 3.05) is 0 Å². The summed E-state index contributed by atoms with van der Waals surface area (Å²) in [7, 11) is 1.74. The van der Waals surface area contributed by atoms with Crippen LogP contribution in [-0.4, -0.2) is 4.57 Å². The lowest BCUT2D eigenvalue weighted by Gasteiger charge is -2.10. The second-order valence-electron chi connectivity index (χ2n) is 4.38. The van der Waals surface area contributed by atoms with Gasteiger partial charge in [0.25, 0.3) is 5.56 Å². The molecule has 2 aromatic rings. The van der Waals surface area contributed by atoms with Crippen molar-refractivity contribution >= 4 is 10.9 Å². The highest BCUT2D eigenvalue weighted by molar-refractivity contribution is 5.80. The van der Waals surface area contributed by atoms with Gasteiger partial charge in [-0.2, -0.15) is 5.26 Å². The van der Waals surface area contributed by atoms with Gasteiger partial charge in [-0.05, 0) is 37.4 Å². The lowest BCUT2D eigenvalue weighted by atomic mass is 10.0. The van der Waals surface area contributed by atoms with Crippen molar-refractivity contribution in [2.45, 2.75) is 19.8 Å². The lowest BCUT2D eigenvalue weighted by molar-refractivity contribution is 0.850. The zero-order valence-electron chi connectivity index (χ0n) is 10.2. The Bertz CT molecular complexity index is 677. The average Bonchev–Trinajstić information content (AvgIpc) is 2.32. The molecule has 1 aromatic carbocycles. The van der Waals surface area contributed by atoms with Crippen molar-refractivity contribution in [3.8, 4) is 6.07 Å². The van der Waals surface area contributed by atoms with E-state index in [0.29, 0.717) is 5.56 Å². The molecule has 0 aliphatic heterocycles. The van der Waals surface area contributed by atoms with Crippen LogP contribution in [-0.2, 0) is 7.05 Å². The van der Waals surface area contributed by atoms with Crippen LogP contribution in [0.4, 0.5) is 0 Å². The monoisotopic (exact) mass is 226 g/mol. The molecule has 3 nitrogen and oxygen atoms in total. The maximum atomic E-state index is 12.1. The molecule has 2 rings (SSSR count). The van der Waals surface area contributed by atoms with Gasteiger partial charge in [0.15, 0.2) is 0 Å². The summed E-state index contributed by atoms with van der Waals surface area (Å²) < 4.78 is 1.61. The molecule has 0 N–H and O–H groups in total. The number of aryl methyl sites for hydroxylation is 2. The zero-order chi connectivity index (χ0) is 12.6. The van der Waals surface area contributed by atoms with Gasteiger partial charge in [-0.3, -0.25) is 4.79 Å². The summed E-state index contributed by atoms with van der Waals surface area (Å²) >= 11 is 0. The first kappa shape index (κ1) is 11.4. The molecule has 1 atom stereocenters. The van der Waals surface area contributed by atoms with E-state index in [9.17, 15) is 4.79 Å². The number of nitrogens with zero attached hydrogens (tertiary/aromatic N) is 2. The van der Waals surface area contributed by atoms with Crippen LogP contribution < -0.4 is 5.56 Å². The molecular formula is C14H14N2O. The predicted molar refractivity (Wildman–Crippen MR) is 68.0 cm³/mol. The fourth-order valence-electron chi connectivity index (χ4n) is 2.01. The largest absolute Gasteiger partial charge is 0.311 e. The first-order chi connectivity index (χ1) is 8.04. The van der Waals surface area contributed by atoms with Crippen molar-refractivity contribution in [1.29, 1.82) is 5.26 Å². The summed E-state index contributed by atoms with van der Waals surface area (Å²) in [5, 5.41) is 9.94. The SMILES string of the molecule is Cc1ccc2c(c1)cc(C(C)C#N)c(=O)n2C. The fourth-order valence-corrected chi connectivity index (χ4v) is 2.01. The normalized spacial score (nSPS) is 12.4. The summed E-state index contributed by atoms with van der Waals surface area (Å²) in [5.41, 5.74) is 2.52. The third kappa shape index (κ3) is 1.83. The summed E-state index contributed by atoms with van der Waals surface area (Å²) in [6, 6.07) is 9.90. The summed E-state index contributed by atoms with van der Waals surface area (Å²) in [6.45, 7) is 3.76. The Hall–Kier alpha value is -2.08. The van der Waals surface area contributed by atoms with Crippen LogP contribution in [0.25, 0.3) is 10.9 Å². The average molecular weight is 226 g/mol. The third-order valence-corrected chi connectivity index (χ3v) is 3.07. The summed E-state index contributed by atoms with van der Waals surface area (Å²) in [5.74, 6) is -0.376. The Morgan fingerprint density at radius 2 is 2.06 bits per heavy atom. The van der Waals surface area contributed by atoms with Crippen LogP contribution in [0.3, 0.4) is 0 Å². The predicted octanol–water partition coefficient (Wildman–Crippen LogP) is 2.47. The van der Waals surface area contributed by atoms with Gasteiger partial charge in [-0.15, -0.1) is 0 Å². The fraction of sp³-hybridized carbons (Fsp3) is 0.286. The number of pyridine rings is 1. The van der Waals surface area contributed by atoms with Crippen LogP contribution in [0.5, 0.6) is 0 Å². The number of fused-ring (bicyclic) bond motifs is 1. The van der Waals surface area contributed by atoms with E-state index in [1.165, 1.54) is 0 Å². The molecule has 0 saturated carbocycles. The Labute approximate surface area is 99.9 Å². The lowest BCUT2D eigenvalue weighted by Crippen LogP contribution is -2.22. The Morgan fingerprint density at radius 1 is 1.35 bits per heavy atom. The van der Waals surface area contributed by atoms with E-state index in [1.54, 1.807) is 18.5 Å². The van der Waals surface area contributed by atoms with Crippen molar-refractivity contribution in [3.63, 3.8) is 0 Å². The molecule has 0 spiro atoms. The molecule has 0 aliphatic rings. The van der Waals surface area contributed by atoms with Gasteiger partial charge >= 0.3 is 0 Å².